The number of carbonyl (C=O) groups excluding carboxylic acids is 2. The molecule has 34 atom stereocenters. The third-order valence-corrected chi connectivity index (χ3v) is 15.0. The van der Waals surface area contributed by atoms with Crippen molar-refractivity contribution in [2.24, 2.45) is 0 Å². The number of amides is 2. The van der Waals surface area contributed by atoms with Crippen molar-refractivity contribution in [1.29, 1.82) is 0 Å². The highest BCUT2D eigenvalue weighted by molar-refractivity contribution is 5.73. The van der Waals surface area contributed by atoms with Crippen LogP contribution in [-0.2, 0) is 66.4 Å². The summed E-state index contributed by atoms with van der Waals surface area (Å²) in [5.41, 5.74) is 0. The highest BCUT2D eigenvalue weighted by Crippen LogP contribution is 2.38. The van der Waals surface area contributed by atoms with Crippen LogP contribution in [0.15, 0.2) is 0 Å². The van der Waals surface area contributed by atoms with Crippen molar-refractivity contribution in [3.63, 3.8) is 0 Å². The Kier molecular flexibility index (Phi) is 25.8. The van der Waals surface area contributed by atoms with E-state index in [4.69, 9.17) is 56.8 Å². The molecule has 0 radical (unpaired) electrons. The Morgan fingerprint density at radius 1 is 0.386 bits per heavy atom. The molecular weight excluding hydrogens is 1140 g/mol. The number of carbonyl (C=O) groups is 2. The number of rotatable bonds is 24. The first-order valence-electron chi connectivity index (χ1n) is 26.4. The standard InChI is InChI=1S/C46H80N2O35/c1-11-23(60)29(66)31(68)43(72-11)81-38-22(48-13(3)57)42(83-39-27(64)18(8-53)75-45(33(39)70)78-35(15(59)5-50)24(61)14(58)4-49)77-20(10-55)36(38)79-46-34(71)40(28(65)19(9-54)76-46)82-41-21(47-12(2)56)37(26(63)17(7-52)73-41)80-44-32(69)30(67)25(62)16(6-51)74-44/h11,14-46,49-55,58-71H,4-10H2,1-3H3,(H,47,56)(H,48,57)/t11-,14-,15+,16+,17+,18+,19+,20+,21+,22+,23+,24+,25-,26+,27-,28-,29+,30-,31-,32+,33+,34+,35+,36+,37+,38+,39-,40-,41-,42-,43-,44-,45-,46-/m0/s1. The Morgan fingerprint density at radius 2 is 0.735 bits per heavy atom. The molecule has 2 amide bonds. The average molecular weight is 1220 g/mol. The molecule has 0 unspecified atom stereocenters. The zero-order chi connectivity index (χ0) is 61.6. The SMILES string of the molecule is CC(=O)N[C@H]1[C@H](O[C@H]2[C@@H](O)[C@@H](CO)O[C@@H](O[C@@H]([C@H](O)[C@@H](O)CO)[C@H](O)CO)[C@@H]2O)O[C@H](CO)[C@@H](O[C@@H]2O[C@H](CO)[C@H](O)[C@H](O[C@@H]3O[C@H](CO)[C@@H](O)[C@H](O[C@@H]4O[C@H](CO)[C@H](O)[C@H](O)[C@H]4O)[C@H]3NC(C)=O)[C@H]2O)[C@@H]1O[C@@H]1O[C@@H](C)[C@@H](O)[C@@H](O)[C@@H]1O. The normalized spacial score (nSPS) is 46.8. The summed E-state index contributed by atoms with van der Waals surface area (Å²) in [6.45, 7) is -4.39. The highest BCUT2D eigenvalue weighted by atomic mass is 16.8. The molecule has 23 N–H and O–H groups in total. The second-order valence-corrected chi connectivity index (χ2v) is 20.8. The summed E-state index contributed by atoms with van der Waals surface area (Å²) < 4.78 is 70.4. The lowest BCUT2D eigenvalue weighted by Gasteiger charge is -2.52. The minimum atomic E-state index is -2.36. The van der Waals surface area contributed by atoms with Crippen LogP contribution in [0, 0.1) is 0 Å². The minimum Gasteiger partial charge on any atom is -0.394 e. The Morgan fingerprint density at radius 3 is 1.20 bits per heavy atom. The molecule has 484 valence electrons. The Hall–Kier alpha value is -2.38. The average Bonchev–Trinajstić information content (AvgIpc) is 2.63. The Labute approximate surface area is 471 Å². The van der Waals surface area contributed by atoms with E-state index in [0.29, 0.717) is 0 Å². The third kappa shape index (κ3) is 15.6. The summed E-state index contributed by atoms with van der Waals surface area (Å²) in [6.07, 6.45) is -64.1. The van der Waals surface area contributed by atoms with Crippen molar-refractivity contribution >= 4 is 11.8 Å². The summed E-state index contributed by atoms with van der Waals surface area (Å²) in [6, 6.07) is -3.75. The van der Waals surface area contributed by atoms with Gasteiger partial charge in [0.15, 0.2) is 37.7 Å². The lowest BCUT2D eigenvalue weighted by atomic mass is 9.93. The molecule has 6 heterocycles. The molecule has 83 heavy (non-hydrogen) atoms. The summed E-state index contributed by atoms with van der Waals surface area (Å²) >= 11 is 0. The van der Waals surface area contributed by atoms with Crippen LogP contribution in [0.3, 0.4) is 0 Å². The monoisotopic (exact) mass is 1220 g/mol. The molecule has 37 heteroatoms. The van der Waals surface area contributed by atoms with Gasteiger partial charge in [-0.05, 0) is 6.92 Å². The number of nitrogens with one attached hydrogen (secondary N) is 2. The summed E-state index contributed by atoms with van der Waals surface area (Å²) in [7, 11) is 0. The molecular formula is C46H80N2O35. The first-order valence-corrected chi connectivity index (χ1v) is 26.4. The molecule has 6 aliphatic heterocycles. The number of ether oxygens (including phenoxy) is 12. The van der Waals surface area contributed by atoms with Crippen molar-refractivity contribution < 1.29 is 174 Å². The van der Waals surface area contributed by atoms with Crippen molar-refractivity contribution in [3.05, 3.63) is 0 Å². The fourth-order valence-electron chi connectivity index (χ4n) is 10.3. The lowest BCUT2D eigenvalue weighted by molar-refractivity contribution is -0.395. The van der Waals surface area contributed by atoms with Crippen LogP contribution in [0.2, 0.25) is 0 Å². The zero-order valence-corrected chi connectivity index (χ0v) is 44.7. The minimum absolute atomic E-state index is 0.881. The molecule has 0 spiro atoms. The smallest absolute Gasteiger partial charge is 0.217 e. The van der Waals surface area contributed by atoms with Crippen molar-refractivity contribution in [3.8, 4) is 0 Å². The molecule has 0 bridgehead atoms. The summed E-state index contributed by atoms with van der Waals surface area (Å²) in [4.78, 5) is 25.9. The Bertz CT molecular complexity index is 1990. The first kappa shape index (κ1) is 69.7. The summed E-state index contributed by atoms with van der Waals surface area (Å²) in [5.74, 6) is -1.84. The summed E-state index contributed by atoms with van der Waals surface area (Å²) in [5, 5.41) is 230. The first-order chi connectivity index (χ1) is 39.2. The lowest BCUT2D eigenvalue weighted by Crippen LogP contribution is -2.72. The van der Waals surface area contributed by atoms with Gasteiger partial charge in [-0.25, -0.2) is 0 Å². The van der Waals surface area contributed by atoms with Crippen molar-refractivity contribution in [2.45, 2.75) is 229 Å². The van der Waals surface area contributed by atoms with Crippen LogP contribution < -0.4 is 10.6 Å². The van der Waals surface area contributed by atoms with Crippen molar-refractivity contribution in [2.75, 3.05) is 46.2 Å². The van der Waals surface area contributed by atoms with Gasteiger partial charge < -0.3 is 175 Å². The van der Waals surface area contributed by atoms with E-state index in [1.807, 2.05) is 0 Å². The van der Waals surface area contributed by atoms with Gasteiger partial charge in [0.25, 0.3) is 0 Å². The highest BCUT2D eigenvalue weighted by Gasteiger charge is 2.59. The fourth-order valence-corrected chi connectivity index (χ4v) is 10.3. The van der Waals surface area contributed by atoms with Gasteiger partial charge in [0.1, 0.15) is 165 Å². The number of aliphatic hydroxyl groups is 21. The quantitative estimate of drug-likeness (QED) is 0.0427. The number of hydrogen-bond acceptors (Lipinski definition) is 35. The maximum atomic E-state index is 13.2. The van der Waals surface area contributed by atoms with Gasteiger partial charge >= 0.3 is 0 Å². The molecule has 37 nitrogen and oxygen atoms in total. The fraction of sp³-hybridized carbons (Fsp3) is 0.957. The molecule has 0 aromatic carbocycles. The van der Waals surface area contributed by atoms with E-state index >= 15 is 0 Å². The molecule has 0 aromatic heterocycles. The van der Waals surface area contributed by atoms with E-state index in [0.717, 1.165) is 13.8 Å². The zero-order valence-electron chi connectivity index (χ0n) is 44.7. The molecule has 6 rings (SSSR count). The molecule has 0 aromatic rings. The van der Waals surface area contributed by atoms with Gasteiger partial charge in [0.2, 0.25) is 11.8 Å². The molecule has 6 aliphatic rings. The van der Waals surface area contributed by atoms with E-state index in [-0.39, 0.29) is 0 Å². The predicted molar refractivity (Wildman–Crippen MR) is 256 cm³/mol. The van der Waals surface area contributed by atoms with E-state index in [1.54, 1.807) is 0 Å². The van der Waals surface area contributed by atoms with Crippen LogP contribution in [0.1, 0.15) is 20.8 Å². The van der Waals surface area contributed by atoms with Gasteiger partial charge in [0, 0.05) is 13.8 Å². The maximum Gasteiger partial charge on any atom is 0.217 e. The largest absolute Gasteiger partial charge is 0.394 e. The van der Waals surface area contributed by atoms with Crippen LogP contribution in [0.4, 0.5) is 0 Å². The van der Waals surface area contributed by atoms with Gasteiger partial charge in [-0.2, -0.15) is 0 Å². The van der Waals surface area contributed by atoms with Gasteiger partial charge in [0.05, 0.1) is 52.4 Å². The molecule has 6 fully saturated rings. The molecule has 0 aliphatic carbocycles. The van der Waals surface area contributed by atoms with E-state index in [1.165, 1.54) is 6.92 Å². The van der Waals surface area contributed by atoms with Crippen LogP contribution in [0.25, 0.3) is 0 Å². The second-order valence-electron chi connectivity index (χ2n) is 20.8. The molecule has 6 saturated heterocycles. The van der Waals surface area contributed by atoms with E-state index in [9.17, 15) is 117 Å². The number of hydrogen-bond donors (Lipinski definition) is 23. The van der Waals surface area contributed by atoms with E-state index in [2.05, 4.69) is 10.6 Å². The number of aliphatic hydroxyl groups excluding tert-OH is 21. The second kappa shape index (κ2) is 30.7. The van der Waals surface area contributed by atoms with Crippen LogP contribution in [0.5, 0.6) is 0 Å². The van der Waals surface area contributed by atoms with Gasteiger partial charge in [-0.3, -0.25) is 9.59 Å². The third-order valence-electron chi connectivity index (χ3n) is 15.0. The predicted octanol–water partition coefficient (Wildman–Crippen LogP) is -15.3. The Balaban J connectivity index is 1.36. The molecule has 0 saturated carbocycles. The van der Waals surface area contributed by atoms with Gasteiger partial charge in [-0.15, -0.1) is 0 Å². The topological polar surface area (TPSA) is 594 Å². The van der Waals surface area contributed by atoms with Crippen LogP contribution >= 0.6 is 0 Å². The van der Waals surface area contributed by atoms with Crippen LogP contribution in [-0.4, -0.2) is 374 Å². The van der Waals surface area contributed by atoms with Gasteiger partial charge in [-0.1, -0.05) is 0 Å². The van der Waals surface area contributed by atoms with Crippen molar-refractivity contribution in [1.82, 2.24) is 10.6 Å². The maximum absolute atomic E-state index is 13.2. The van der Waals surface area contributed by atoms with E-state index < -0.39 is 267 Å².